The molecule has 0 amide bonds. The molecular formula is C17H11NO2. The predicted molar refractivity (Wildman–Crippen MR) is 77.4 cm³/mol. The van der Waals surface area contributed by atoms with Gasteiger partial charge in [0.05, 0.1) is 17.2 Å². The Morgan fingerprint density at radius 2 is 1.40 bits per heavy atom. The molecule has 96 valence electrons. The molecular weight excluding hydrogens is 250 g/mol. The van der Waals surface area contributed by atoms with Crippen LogP contribution >= 0.6 is 0 Å². The van der Waals surface area contributed by atoms with E-state index in [1.807, 2.05) is 24.3 Å². The molecule has 0 aromatic heterocycles. The second kappa shape index (κ2) is 4.60. The van der Waals surface area contributed by atoms with Crippen molar-refractivity contribution in [2.45, 2.75) is 0 Å². The van der Waals surface area contributed by atoms with Gasteiger partial charge >= 0.3 is 0 Å². The molecule has 0 unspecified atom stereocenters. The molecule has 0 saturated heterocycles. The fraction of sp³-hybridized carbons (Fsp3) is 0. The highest BCUT2D eigenvalue weighted by atomic mass is 16.3. The summed E-state index contributed by atoms with van der Waals surface area (Å²) in [6.07, 6.45) is 0. The lowest BCUT2D eigenvalue weighted by atomic mass is 9.94. The first-order valence-electron chi connectivity index (χ1n) is 6.15. The molecule has 3 heteroatoms. The number of nitrogens with zero attached hydrogens (tertiary/aromatic N) is 1. The summed E-state index contributed by atoms with van der Waals surface area (Å²) >= 11 is 0. The summed E-state index contributed by atoms with van der Waals surface area (Å²) in [4.78, 5) is 0. The second-order valence-electron chi connectivity index (χ2n) is 4.49. The third kappa shape index (κ3) is 1.75. The van der Waals surface area contributed by atoms with Crippen molar-refractivity contribution < 1.29 is 10.2 Å². The molecule has 2 N–H and O–H groups in total. The second-order valence-corrected chi connectivity index (χ2v) is 4.49. The minimum atomic E-state index is 0.0138. The zero-order valence-electron chi connectivity index (χ0n) is 10.5. The maximum absolute atomic E-state index is 10.0. The summed E-state index contributed by atoms with van der Waals surface area (Å²) in [6.45, 7) is 0. The van der Waals surface area contributed by atoms with Gasteiger partial charge in [-0.05, 0) is 29.1 Å². The zero-order chi connectivity index (χ0) is 14.1. The average Bonchev–Trinajstić information content (AvgIpc) is 2.47. The molecule has 0 aliphatic heterocycles. The van der Waals surface area contributed by atoms with E-state index in [2.05, 4.69) is 6.07 Å². The van der Waals surface area contributed by atoms with Crippen LogP contribution in [-0.2, 0) is 0 Å². The molecule has 0 heterocycles. The lowest BCUT2D eigenvalue weighted by molar-refractivity contribution is 0.454. The number of benzene rings is 3. The summed E-state index contributed by atoms with van der Waals surface area (Å²) in [5.74, 6) is 0.0275. The number of hydrogen-bond donors (Lipinski definition) is 2. The van der Waals surface area contributed by atoms with Crippen LogP contribution in [0.4, 0.5) is 0 Å². The van der Waals surface area contributed by atoms with E-state index in [4.69, 9.17) is 5.26 Å². The summed E-state index contributed by atoms with van der Waals surface area (Å²) in [5.41, 5.74) is 1.66. The van der Waals surface area contributed by atoms with Crippen LogP contribution in [0.1, 0.15) is 5.56 Å². The van der Waals surface area contributed by atoms with E-state index >= 15 is 0 Å². The van der Waals surface area contributed by atoms with Crippen molar-refractivity contribution in [1.29, 1.82) is 5.26 Å². The molecule has 0 radical (unpaired) electrons. The Morgan fingerprint density at radius 1 is 0.750 bits per heavy atom. The van der Waals surface area contributed by atoms with Crippen molar-refractivity contribution in [3.05, 3.63) is 60.2 Å². The maximum atomic E-state index is 10.0. The Hall–Kier alpha value is -2.99. The van der Waals surface area contributed by atoms with Gasteiger partial charge in [-0.15, -0.1) is 0 Å². The van der Waals surface area contributed by atoms with Crippen LogP contribution in [-0.4, -0.2) is 10.2 Å². The van der Waals surface area contributed by atoms with Crippen molar-refractivity contribution in [3.63, 3.8) is 0 Å². The van der Waals surface area contributed by atoms with Crippen molar-refractivity contribution in [3.8, 4) is 28.7 Å². The van der Waals surface area contributed by atoms with Gasteiger partial charge in [-0.25, -0.2) is 0 Å². The highest BCUT2D eigenvalue weighted by Gasteiger charge is 2.14. The van der Waals surface area contributed by atoms with Crippen molar-refractivity contribution >= 4 is 10.8 Å². The maximum Gasteiger partial charge on any atom is 0.127 e. The molecule has 3 rings (SSSR count). The quantitative estimate of drug-likeness (QED) is 0.700. The third-order valence-electron chi connectivity index (χ3n) is 3.33. The van der Waals surface area contributed by atoms with E-state index in [9.17, 15) is 10.2 Å². The number of phenolic OH excluding ortho intramolecular Hbond substituents is 2. The Balaban J connectivity index is 2.42. The van der Waals surface area contributed by atoms with E-state index in [0.717, 1.165) is 10.8 Å². The summed E-state index contributed by atoms with van der Waals surface area (Å²) < 4.78 is 0. The molecule has 3 aromatic carbocycles. The number of hydrogen-bond acceptors (Lipinski definition) is 3. The smallest absolute Gasteiger partial charge is 0.127 e. The van der Waals surface area contributed by atoms with Crippen LogP contribution < -0.4 is 0 Å². The molecule has 0 aliphatic rings. The van der Waals surface area contributed by atoms with Crippen molar-refractivity contribution in [2.75, 3.05) is 0 Å². The van der Waals surface area contributed by atoms with Gasteiger partial charge in [0.1, 0.15) is 11.5 Å². The van der Waals surface area contributed by atoms with E-state index in [1.165, 1.54) is 12.1 Å². The SMILES string of the molecule is N#Cc1ccc(-c2c(O)cccc2O)c2ccccc12. The molecule has 0 spiro atoms. The van der Waals surface area contributed by atoms with Crippen molar-refractivity contribution in [2.24, 2.45) is 0 Å². The number of fused-ring (bicyclic) bond motifs is 1. The van der Waals surface area contributed by atoms with Crippen LogP contribution in [0, 0.1) is 11.3 Å². The Kier molecular flexibility index (Phi) is 2.77. The monoisotopic (exact) mass is 261 g/mol. The molecule has 3 nitrogen and oxygen atoms in total. The topological polar surface area (TPSA) is 64.2 Å². The molecule has 0 bridgehead atoms. The Morgan fingerprint density at radius 3 is 2.05 bits per heavy atom. The Labute approximate surface area is 116 Å². The van der Waals surface area contributed by atoms with Gasteiger partial charge in [0, 0.05) is 5.39 Å². The van der Waals surface area contributed by atoms with Gasteiger partial charge in [0.15, 0.2) is 0 Å². The average molecular weight is 261 g/mol. The molecule has 0 atom stereocenters. The van der Waals surface area contributed by atoms with Gasteiger partial charge in [0.25, 0.3) is 0 Å². The first kappa shape index (κ1) is 12.1. The highest BCUT2D eigenvalue weighted by Crippen LogP contribution is 2.40. The van der Waals surface area contributed by atoms with E-state index in [-0.39, 0.29) is 11.5 Å². The van der Waals surface area contributed by atoms with E-state index in [0.29, 0.717) is 16.7 Å². The van der Waals surface area contributed by atoms with E-state index < -0.39 is 0 Å². The normalized spacial score (nSPS) is 10.3. The van der Waals surface area contributed by atoms with Gasteiger partial charge in [-0.1, -0.05) is 36.4 Å². The van der Waals surface area contributed by atoms with Crippen LogP contribution in [0.15, 0.2) is 54.6 Å². The summed E-state index contributed by atoms with van der Waals surface area (Å²) in [7, 11) is 0. The minimum Gasteiger partial charge on any atom is -0.507 e. The molecule has 0 aliphatic carbocycles. The lowest BCUT2D eigenvalue weighted by Gasteiger charge is -2.11. The molecule has 0 saturated carbocycles. The Bertz CT molecular complexity index is 827. The van der Waals surface area contributed by atoms with Crippen molar-refractivity contribution in [1.82, 2.24) is 0 Å². The molecule has 0 fully saturated rings. The highest BCUT2D eigenvalue weighted by molar-refractivity contribution is 6.01. The summed E-state index contributed by atoms with van der Waals surface area (Å²) in [5, 5.41) is 30.8. The standard InChI is InChI=1S/C17H11NO2/c18-10-11-8-9-14(13-5-2-1-4-12(11)13)17-15(19)6-3-7-16(17)20/h1-9,19-20H. The minimum absolute atomic E-state index is 0.0138. The van der Waals surface area contributed by atoms with Gasteiger partial charge < -0.3 is 10.2 Å². The fourth-order valence-electron chi connectivity index (χ4n) is 2.42. The fourth-order valence-corrected chi connectivity index (χ4v) is 2.42. The first-order chi connectivity index (χ1) is 9.72. The third-order valence-corrected chi connectivity index (χ3v) is 3.33. The molecule has 3 aromatic rings. The van der Waals surface area contributed by atoms with Gasteiger partial charge in [-0.2, -0.15) is 5.26 Å². The number of phenols is 2. The van der Waals surface area contributed by atoms with Crippen LogP contribution in [0.3, 0.4) is 0 Å². The first-order valence-corrected chi connectivity index (χ1v) is 6.15. The summed E-state index contributed by atoms with van der Waals surface area (Å²) in [6, 6.07) is 17.7. The lowest BCUT2D eigenvalue weighted by Crippen LogP contribution is -1.86. The largest absolute Gasteiger partial charge is 0.507 e. The van der Waals surface area contributed by atoms with Crippen LogP contribution in [0.25, 0.3) is 21.9 Å². The number of rotatable bonds is 1. The van der Waals surface area contributed by atoms with Gasteiger partial charge in [-0.3, -0.25) is 0 Å². The number of aromatic hydroxyl groups is 2. The molecule has 20 heavy (non-hydrogen) atoms. The van der Waals surface area contributed by atoms with Gasteiger partial charge in [0.2, 0.25) is 0 Å². The van der Waals surface area contributed by atoms with Crippen LogP contribution in [0.2, 0.25) is 0 Å². The zero-order valence-corrected chi connectivity index (χ0v) is 10.5. The van der Waals surface area contributed by atoms with E-state index in [1.54, 1.807) is 18.2 Å². The predicted octanol–water partition coefficient (Wildman–Crippen LogP) is 3.79. The number of nitriles is 1. The van der Waals surface area contributed by atoms with Crippen LogP contribution in [0.5, 0.6) is 11.5 Å².